The van der Waals surface area contributed by atoms with E-state index in [0.29, 0.717) is 0 Å². The van der Waals surface area contributed by atoms with Gasteiger partial charge in [-0.1, -0.05) is 0 Å². The van der Waals surface area contributed by atoms with E-state index < -0.39 is 36.4 Å². The van der Waals surface area contributed by atoms with Crippen LogP contribution in [0.3, 0.4) is 0 Å². The molecule has 0 fully saturated rings. The molecule has 0 spiro atoms. The molecule has 0 rings (SSSR count). The molecule has 0 aromatic rings. The van der Waals surface area contributed by atoms with Gasteiger partial charge in [-0.25, -0.2) is 4.79 Å². The van der Waals surface area contributed by atoms with Crippen LogP contribution in [0.25, 0.3) is 0 Å². The van der Waals surface area contributed by atoms with E-state index in [9.17, 15) is 14.4 Å². The summed E-state index contributed by atoms with van der Waals surface area (Å²) in [6.07, 6.45) is -2.18. The minimum atomic E-state index is -2.74. The molecule has 0 aromatic heterocycles. The Morgan fingerprint density at radius 2 is 1.27 bits per heavy atom. The fraction of sp³-hybridized carbons (Fsp3) is 0.750. The van der Waals surface area contributed by atoms with Gasteiger partial charge < -0.3 is 29.9 Å². The van der Waals surface area contributed by atoms with Crippen molar-refractivity contribution in [2.45, 2.75) is 44.7 Å². The molecule has 5 N–H and O–H groups in total. The van der Waals surface area contributed by atoms with E-state index in [1.165, 1.54) is 0 Å². The van der Waals surface area contributed by atoms with Gasteiger partial charge in [0.05, 0.1) is 12.8 Å². The zero-order chi connectivity index (χ0) is 17.9. The SMILES string of the molecule is COC(C)NC(C)OC.O=C(O)CC(O)(CC(=O)O)C(=O)O. The van der Waals surface area contributed by atoms with Crippen molar-refractivity contribution < 1.29 is 44.3 Å². The fourth-order valence-corrected chi connectivity index (χ4v) is 1.18. The maximum absolute atomic E-state index is 10.3. The van der Waals surface area contributed by atoms with E-state index in [0.717, 1.165) is 0 Å². The van der Waals surface area contributed by atoms with E-state index in [-0.39, 0.29) is 12.5 Å². The van der Waals surface area contributed by atoms with Crippen LogP contribution >= 0.6 is 0 Å². The molecule has 0 aliphatic carbocycles. The van der Waals surface area contributed by atoms with E-state index in [1.54, 1.807) is 14.2 Å². The van der Waals surface area contributed by atoms with Gasteiger partial charge in [-0.05, 0) is 13.8 Å². The van der Waals surface area contributed by atoms with Gasteiger partial charge in [-0.2, -0.15) is 0 Å². The minimum absolute atomic E-state index is 0.0555. The number of carbonyl (C=O) groups is 3. The number of nitrogens with one attached hydrogen (secondary N) is 1. The standard InChI is InChI=1S/C6H15NO2.C6H8O7/c1-5(8-3)7-6(2)9-4;7-3(8)1-6(13,5(11)12)2-4(9)10/h5-7H,1-4H3;13H,1-2H2,(H,7,8)(H,9,10)(H,11,12). The van der Waals surface area contributed by atoms with Crippen LogP contribution < -0.4 is 5.32 Å². The van der Waals surface area contributed by atoms with Crippen LogP contribution in [0.2, 0.25) is 0 Å². The Balaban J connectivity index is 0. The topological polar surface area (TPSA) is 163 Å². The van der Waals surface area contributed by atoms with Crippen molar-refractivity contribution in [3.63, 3.8) is 0 Å². The lowest BCUT2D eigenvalue weighted by molar-refractivity contribution is -0.170. The van der Waals surface area contributed by atoms with Crippen LogP contribution in [0.1, 0.15) is 26.7 Å². The van der Waals surface area contributed by atoms with Gasteiger partial charge in [0.1, 0.15) is 12.5 Å². The van der Waals surface area contributed by atoms with Gasteiger partial charge in [0, 0.05) is 14.2 Å². The average molecular weight is 325 g/mol. The highest BCUT2D eigenvalue weighted by molar-refractivity contribution is 5.88. The number of methoxy groups -OCH3 is 2. The van der Waals surface area contributed by atoms with Crippen LogP contribution in [0.5, 0.6) is 0 Å². The molecular formula is C12H23NO9. The number of rotatable bonds is 9. The molecule has 0 aliphatic heterocycles. The third kappa shape index (κ3) is 11.0. The third-order valence-corrected chi connectivity index (χ3v) is 2.46. The van der Waals surface area contributed by atoms with Gasteiger partial charge in [0.25, 0.3) is 0 Å². The Labute approximate surface area is 127 Å². The minimum Gasteiger partial charge on any atom is -0.481 e. The van der Waals surface area contributed by atoms with Crippen molar-refractivity contribution in [2.75, 3.05) is 14.2 Å². The number of carboxylic acid groups (broad SMARTS) is 3. The zero-order valence-electron chi connectivity index (χ0n) is 12.9. The van der Waals surface area contributed by atoms with Crippen molar-refractivity contribution in [1.29, 1.82) is 0 Å². The third-order valence-electron chi connectivity index (χ3n) is 2.46. The number of hydrogen-bond donors (Lipinski definition) is 5. The molecule has 10 nitrogen and oxygen atoms in total. The Bertz CT molecular complexity index is 348. The first-order valence-corrected chi connectivity index (χ1v) is 6.19. The largest absolute Gasteiger partial charge is 0.481 e. The summed E-state index contributed by atoms with van der Waals surface area (Å²) >= 11 is 0. The maximum atomic E-state index is 10.3. The molecule has 130 valence electrons. The molecule has 0 saturated carbocycles. The summed E-state index contributed by atoms with van der Waals surface area (Å²) in [7, 11) is 3.31. The van der Waals surface area contributed by atoms with Crippen LogP contribution in [-0.4, -0.2) is 70.6 Å². The van der Waals surface area contributed by atoms with Crippen molar-refractivity contribution in [2.24, 2.45) is 0 Å². The molecule has 0 aromatic carbocycles. The van der Waals surface area contributed by atoms with E-state index >= 15 is 0 Å². The second-order valence-electron chi connectivity index (χ2n) is 4.40. The number of aliphatic hydroxyl groups is 1. The molecule has 0 heterocycles. The Morgan fingerprint density at radius 3 is 1.45 bits per heavy atom. The summed E-state index contributed by atoms with van der Waals surface area (Å²) < 4.78 is 9.86. The number of carboxylic acids is 3. The fourth-order valence-electron chi connectivity index (χ4n) is 1.18. The first kappa shape index (κ1) is 22.5. The molecule has 2 unspecified atom stereocenters. The quantitative estimate of drug-likeness (QED) is 0.343. The Morgan fingerprint density at radius 1 is 0.955 bits per heavy atom. The van der Waals surface area contributed by atoms with Gasteiger partial charge in [-0.15, -0.1) is 0 Å². The van der Waals surface area contributed by atoms with Crippen LogP contribution in [0.4, 0.5) is 0 Å². The van der Waals surface area contributed by atoms with Crippen molar-refractivity contribution in [1.82, 2.24) is 5.32 Å². The zero-order valence-corrected chi connectivity index (χ0v) is 12.9. The lowest BCUT2D eigenvalue weighted by Gasteiger charge is -2.18. The van der Waals surface area contributed by atoms with E-state index in [4.69, 9.17) is 29.9 Å². The number of hydrogen-bond acceptors (Lipinski definition) is 7. The second kappa shape index (κ2) is 10.9. The second-order valence-corrected chi connectivity index (χ2v) is 4.40. The number of ether oxygens (including phenoxy) is 2. The van der Waals surface area contributed by atoms with Crippen molar-refractivity contribution >= 4 is 17.9 Å². The molecule has 0 amide bonds. The van der Waals surface area contributed by atoms with Gasteiger partial charge >= 0.3 is 17.9 Å². The highest BCUT2D eigenvalue weighted by atomic mass is 16.5. The van der Waals surface area contributed by atoms with Crippen LogP contribution in [0.15, 0.2) is 0 Å². The molecule has 22 heavy (non-hydrogen) atoms. The molecular weight excluding hydrogens is 302 g/mol. The Kier molecular flexibility index (Phi) is 11.2. The first-order valence-electron chi connectivity index (χ1n) is 6.19. The molecule has 0 bridgehead atoms. The summed E-state index contributed by atoms with van der Waals surface area (Å²) in [4.78, 5) is 30.5. The maximum Gasteiger partial charge on any atom is 0.336 e. The monoisotopic (exact) mass is 325 g/mol. The first-order chi connectivity index (χ1) is 9.98. The molecule has 10 heteroatoms. The molecule has 0 aliphatic rings. The molecule has 0 radical (unpaired) electrons. The summed E-state index contributed by atoms with van der Waals surface area (Å²) in [6, 6.07) is 0. The van der Waals surface area contributed by atoms with Gasteiger partial charge in [0.15, 0.2) is 5.60 Å². The van der Waals surface area contributed by atoms with Gasteiger partial charge in [0.2, 0.25) is 0 Å². The normalized spacial score (nSPS) is 13.5. The summed E-state index contributed by atoms with van der Waals surface area (Å²) in [5.41, 5.74) is -2.74. The average Bonchev–Trinajstić information content (AvgIpc) is 2.36. The molecule has 2 atom stereocenters. The van der Waals surface area contributed by atoms with E-state index in [1.807, 2.05) is 13.8 Å². The van der Waals surface area contributed by atoms with Crippen molar-refractivity contribution in [3.05, 3.63) is 0 Å². The summed E-state index contributed by atoms with van der Waals surface area (Å²) in [5, 5.41) is 36.8. The lowest BCUT2D eigenvalue weighted by Crippen LogP contribution is -2.42. The predicted molar refractivity (Wildman–Crippen MR) is 73.2 cm³/mol. The van der Waals surface area contributed by atoms with Crippen LogP contribution in [0, 0.1) is 0 Å². The van der Waals surface area contributed by atoms with Crippen molar-refractivity contribution in [3.8, 4) is 0 Å². The Hall–Kier alpha value is -1.75. The summed E-state index contributed by atoms with van der Waals surface area (Å²) in [5.74, 6) is -5.02. The number of aliphatic carboxylic acids is 3. The predicted octanol–water partition coefficient (Wildman–Crippen LogP) is -0.688. The van der Waals surface area contributed by atoms with Crippen LogP contribution in [-0.2, 0) is 23.9 Å². The molecule has 0 saturated heterocycles. The lowest BCUT2D eigenvalue weighted by atomic mass is 9.96. The van der Waals surface area contributed by atoms with Gasteiger partial charge in [-0.3, -0.25) is 14.9 Å². The highest BCUT2D eigenvalue weighted by Gasteiger charge is 2.40. The van der Waals surface area contributed by atoms with E-state index in [2.05, 4.69) is 5.32 Å². The highest BCUT2D eigenvalue weighted by Crippen LogP contribution is 2.15. The smallest absolute Gasteiger partial charge is 0.336 e. The summed E-state index contributed by atoms with van der Waals surface area (Å²) in [6.45, 7) is 3.85.